The number of thiophene rings is 2. The van der Waals surface area contributed by atoms with E-state index in [1.807, 2.05) is 0 Å². The van der Waals surface area contributed by atoms with E-state index in [0.29, 0.717) is 36.1 Å². The molecule has 0 saturated carbocycles. The number of unbranched alkanes of at least 4 members (excludes halogenated alkanes) is 32. The number of rotatable bonds is 47. The molecule has 4 aromatic carbocycles. The normalized spacial score (nSPS) is 14.4. The zero-order chi connectivity index (χ0) is 63.6. The second kappa shape index (κ2) is 38.3. The first-order valence-corrected chi connectivity index (χ1v) is 41.2. The summed E-state index contributed by atoms with van der Waals surface area (Å²) in [7, 11) is 0. The average molecular weight is 1330 g/mol. The summed E-state index contributed by atoms with van der Waals surface area (Å²) in [5.41, 5.74) is 5.64. The van der Waals surface area contributed by atoms with Gasteiger partial charge in [-0.05, 0) is 50.7 Å². The molecule has 0 aliphatic carbocycles. The zero-order valence-corrected chi connectivity index (χ0v) is 61.2. The third kappa shape index (κ3) is 19.9. The summed E-state index contributed by atoms with van der Waals surface area (Å²) < 4.78 is 2.99. The van der Waals surface area contributed by atoms with Gasteiger partial charge >= 0.3 is 233 Å². The molecule has 9 rings (SSSR count). The molecule has 2 atom stereocenters. The van der Waals surface area contributed by atoms with Crippen molar-refractivity contribution >= 4 is 101 Å². The van der Waals surface area contributed by atoms with E-state index in [1.165, 1.54) is 293 Å². The van der Waals surface area contributed by atoms with Gasteiger partial charge in [0.2, 0.25) is 0 Å². The first-order chi connectivity index (χ1) is 44.7. The van der Waals surface area contributed by atoms with Gasteiger partial charge in [0, 0.05) is 11.4 Å². The van der Waals surface area contributed by atoms with Gasteiger partial charge in [0.25, 0.3) is 0 Å². The van der Waals surface area contributed by atoms with Crippen molar-refractivity contribution in [3.63, 3.8) is 0 Å². The van der Waals surface area contributed by atoms with Crippen molar-refractivity contribution in [2.24, 2.45) is 11.8 Å². The van der Waals surface area contributed by atoms with E-state index in [2.05, 4.69) is 136 Å². The van der Waals surface area contributed by atoms with Crippen molar-refractivity contribution in [2.75, 3.05) is 13.1 Å². The summed E-state index contributed by atoms with van der Waals surface area (Å²) >= 11 is 3.75. The minimum Gasteiger partial charge on any atom is -0.139 e. The van der Waals surface area contributed by atoms with Crippen molar-refractivity contribution in [1.82, 2.24) is 9.80 Å². The smallest absolute Gasteiger partial charge is 0.139 e. The summed E-state index contributed by atoms with van der Waals surface area (Å²) in [6.07, 6.45) is 52.0. The number of hydrogen-bond acceptors (Lipinski definition) is 4. The zero-order valence-electron chi connectivity index (χ0n) is 57.9. The predicted molar refractivity (Wildman–Crippen MR) is 402 cm³/mol. The summed E-state index contributed by atoms with van der Waals surface area (Å²) in [4.78, 5) is 41.2. The van der Waals surface area contributed by atoms with Gasteiger partial charge in [0.1, 0.15) is 0 Å². The van der Waals surface area contributed by atoms with Crippen LogP contribution >= 0.6 is 22.7 Å². The van der Waals surface area contributed by atoms with Crippen LogP contribution in [0.2, 0.25) is 0 Å². The summed E-state index contributed by atoms with van der Waals surface area (Å²) in [6.45, 7) is 15.0. The van der Waals surface area contributed by atoms with Crippen LogP contribution in [0.5, 0.6) is 0 Å². The molecule has 0 fully saturated rings. The fourth-order valence-corrected chi connectivity index (χ4v) is 20.1. The van der Waals surface area contributed by atoms with E-state index in [4.69, 9.17) is 0 Å². The van der Waals surface area contributed by atoms with Crippen molar-refractivity contribution < 1.29 is 9.59 Å². The van der Waals surface area contributed by atoms with Crippen molar-refractivity contribution in [3.05, 3.63) is 116 Å². The molecule has 7 aromatic rings. The second-order valence-corrected chi connectivity index (χ2v) is 32.7. The molecule has 494 valence electrons. The molecule has 0 saturated heterocycles. The Hall–Kier alpha value is -4.26. The Morgan fingerprint density at radius 2 is 0.692 bits per heavy atom. The molecule has 7 heteroatoms. The van der Waals surface area contributed by atoms with E-state index in [9.17, 15) is 0 Å². The van der Waals surface area contributed by atoms with Gasteiger partial charge in [-0.2, -0.15) is 0 Å². The molecular weight excluding hydrogens is 1210 g/mol. The molecule has 2 amide bonds. The molecule has 91 heavy (non-hydrogen) atoms. The van der Waals surface area contributed by atoms with E-state index >= 15 is 9.59 Å². The summed E-state index contributed by atoms with van der Waals surface area (Å²) in [6, 6.07) is 32.4. The van der Waals surface area contributed by atoms with E-state index < -0.39 is 0 Å². The van der Waals surface area contributed by atoms with Crippen LogP contribution in [0.4, 0.5) is 0 Å². The van der Waals surface area contributed by atoms with Crippen LogP contribution in [0.3, 0.4) is 0 Å². The Labute approximate surface area is 566 Å². The third-order valence-corrected chi connectivity index (χ3v) is 25.5. The Morgan fingerprint density at radius 3 is 1.09 bits per heavy atom. The fourth-order valence-electron chi connectivity index (χ4n) is 15.2. The number of benzene rings is 4. The van der Waals surface area contributed by atoms with Crippen LogP contribution in [0.15, 0.2) is 96.1 Å². The average Bonchev–Trinajstić information content (AvgIpc) is 1.57. The Morgan fingerprint density at radius 1 is 0.352 bits per heavy atom. The number of hydrogen-bond donors (Lipinski definition) is 0. The number of amides is 2. The maximum atomic E-state index is 16.2. The van der Waals surface area contributed by atoms with Gasteiger partial charge in [-0.1, -0.05) is 259 Å². The maximum absolute atomic E-state index is 16.2. The van der Waals surface area contributed by atoms with Crippen LogP contribution in [0.1, 0.15) is 305 Å². The number of nitrogens with zero attached hydrogens (tertiary/aromatic N) is 2. The predicted octanol–water partition coefficient (Wildman–Crippen LogP) is 26.5. The molecule has 0 radical (unpaired) electrons. The Bertz CT molecular complexity index is 3420. The number of aryl methyl sites for hydroxylation is 2. The minimum atomic E-state index is 0.0560. The molecule has 2 unspecified atom stereocenters. The molecule has 2 aliphatic heterocycles. The van der Waals surface area contributed by atoms with Crippen LogP contribution in [-0.2, 0) is 9.59 Å². The molecule has 5 heterocycles. The quantitative estimate of drug-likeness (QED) is 0.0282. The summed E-state index contributed by atoms with van der Waals surface area (Å²) in [5, 5.41) is 8.15. The van der Waals surface area contributed by atoms with Crippen LogP contribution < -0.4 is 0 Å². The van der Waals surface area contributed by atoms with Gasteiger partial charge in [0.05, 0.1) is 4.88 Å². The molecule has 0 N–H and O–H groups in total. The molecular formula is C84H118N2O2S2Se. The van der Waals surface area contributed by atoms with Gasteiger partial charge in [0.15, 0.2) is 0 Å². The van der Waals surface area contributed by atoms with Crippen LogP contribution in [0, 0.1) is 25.7 Å². The first-order valence-electron chi connectivity index (χ1n) is 37.8. The number of carbonyl (C=O) groups is 2. The molecule has 0 spiro atoms. The van der Waals surface area contributed by atoms with E-state index in [-0.39, 0.29) is 26.3 Å². The van der Waals surface area contributed by atoms with Gasteiger partial charge < -0.3 is 0 Å². The standard InChI is InChI=1S/C84H118N2O2S2Se/c1-7-11-15-19-23-27-29-33-37-41-44-65(43-39-35-31-25-21-17-13-9-3)61-85-79(75-56-48-64(6)89-75)77-78(84(85)88)80(86(83(77)87)62-66(45-40-36-32-26-22-18-14-10-4)46-42-38-34-30-28-24-20-16-12-8-2)76-58-57-74(90-76)69-51-53-71-68(60-69)50-55-73-72-54-49-67-59-63(5)47-52-70(67)81(72)91-82(71)73/h47-60,65-66H,7-46,61-62H2,1-6H3. The first kappa shape index (κ1) is 71.0. The molecule has 0 bridgehead atoms. The van der Waals surface area contributed by atoms with Crippen molar-refractivity contribution in [1.29, 1.82) is 0 Å². The van der Waals surface area contributed by atoms with E-state index in [1.54, 1.807) is 22.7 Å². The van der Waals surface area contributed by atoms with Crippen molar-refractivity contribution in [3.8, 4) is 10.4 Å². The number of fused-ring (bicyclic) bond motifs is 8. The second-order valence-electron chi connectivity index (χ2n) is 28.2. The summed E-state index contributed by atoms with van der Waals surface area (Å²) in [5.74, 6) is 0.878. The van der Waals surface area contributed by atoms with Gasteiger partial charge in [-0.15, -0.1) is 11.3 Å². The topological polar surface area (TPSA) is 40.6 Å². The number of carbonyl (C=O) groups excluding carboxylic acids is 2. The van der Waals surface area contributed by atoms with Crippen molar-refractivity contribution in [2.45, 2.75) is 298 Å². The Kier molecular flexibility index (Phi) is 29.9. The SMILES string of the molecule is CCCCCCCCCCCCC(CCCCCCCCCC)CN1C(=O)C2=C(c3ccc(-c4ccc5c(ccc6c7ccc8cc(C)ccc8c7[se]c56)c4)s3)N(CC(CCCCCCCCCC)CCCCCCCCCCCC)C(=O)C2=C1c1ccc(C)s1. The molecule has 4 nitrogen and oxygen atoms in total. The monoisotopic (exact) mass is 1330 g/mol. The van der Waals surface area contributed by atoms with Gasteiger partial charge in [-0.3, -0.25) is 0 Å². The third-order valence-electron chi connectivity index (χ3n) is 20.6. The van der Waals surface area contributed by atoms with Crippen LogP contribution in [-0.4, -0.2) is 49.2 Å². The molecule has 3 aromatic heterocycles. The minimum absolute atomic E-state index is 0.0560. The molecule has 2 aliphatic rings. The Balaban J connectivity index is 1.03. The van der Waals surface area contributed by atoms with E-state index in [0.717, 1.165) is 46.8 Å². The fraction of sp³-hybridized carbons (Fsp3) is 0.595. The van der Waals surface area contributed by atoms with Crippen LogP contribution in [0.25, 0.3) is 62.7 Å². The van der Waals surface area contributed by atoms with Gasteiger partial charge in [-0.25, -0.2) is 0 Å².